The van der Waals surface area contributed by atoms with Gasteiger partial charge in [-0.1, -0.05) is 94.1 Å². The van der Waals surface area contributed by atoms with Gasteiger partial charge in [-0.3, -0.25) is 9.59 Å². The van der Waals surface area contributed by atoms with Crippen LogP contribution in [-0.4, -0.2) is 23.3 Å². The van der Waals surface area contributed by atoms with Gasteiger partial charge in [0, 0.05) is 33.5 Å². The van der Waals surface area contributed by atoms with Crippen molar-refractivity contribution in [3.05, 3.63) is 97.4 Å². The van der Waals surface area contributed by atoms with Crippen LogP contribution in [0, 0.1) is 0 Å². The van der Waals surface area contributed by atoms with E-state index >= 15 is 0 Å². The van der Waals surface area contributed by atoms with Crippen molar-refractivity contribution in [1.29, 1.82) is 0 Å². The molecule has 3 aromatic carbocycles. The smallest absolute Gasteiger partial charge is 0.405 e. The molecule has 0 unspecified atom stereocenters. The van der Waals surface area contributed by atoms with E-state index in [2.05, 4.69) is 61.0 Å². The van der Waals surface area contributed by atoms with E-state index in [0.717, 1.165) is 18.4 Å². The van der Waals surface area contributed by atoms with Crippen molar-refractivity contribution in [3.63, 3.8) is 0 Å². The second-order valence-electron chi connectivity index (χ2n) is 9.41. The maximum atomic E-state index is 12.9. The summed E-state index contributed by atoms with van der Waals surface area (Å²) >= 11 is 6.96. The van der Waals surface area contributed by atoms with Crippen LogP contribution in [0.25, 0.3) is 0 Å². The number of para-hydroxylation sites is 1. The largest absolute Gasteiger partial charge is 0.573 e. The van der Waals surface area contributed by atoms with Gasteiger partial charge in [-0.15, -0.1) is 18.2 Å². The molecule has 0 saturated carbocycles. The van der Waals surface area contributed by atoms with E-state index in [4.69, 9.17) is 4.84 Å². The number of hydrogen-bond donors (Lipinski definition) is 1. The average Bonchev–Trinajstić information content (AvgIpc) is 2.90. The molecule has 3 aromatic rings. The Morgan fingerprint density at radius 1 is 0.927 bits per heavy atom. The number of rotatable bonds is 13. The first-order valence-electron chi connectivity index (χ1n) is 13.1. The summed E-state index contributed by atoms with van der Waals surface area (Å²) in [6.07, 6.45) is -0.295. The second-order valence-corrected chi connectivity index (χ2v) is 11.1. The van der Waals surface area contributed by atoms with Crippen LogP contribution < -0.4 is 10.1 Å². The molecule has 0 aromatic heterocycles. The predicted molar refractivity (Wildman–Crippen MR) is 157 cm³/mol. The van der Waals surface area contributed by atoms with Gasteiger partial charge in [-0.2, -0.15) is 0 Å². The standard InChI is InChI=1S/C30H31Br2F3N2O4/c1-3-4-5-8-21-11-13-22(14-12-21)17-36-29(39)24-15-26(31)25(27(32)16-24)19-37(41-20(2)38)18-23-9-6-7-10-28(23)40-30(33,34)35/h6-7,9-16H,3-5,8,17-19H2,1-2H3,(H,36,39). The lowest BCUT2D eigenvalue weighted by atomic mass is 10.1. The van der Waals surface area contributed by atoms with Crippen LogP contribution in [0.4, 0.5) is 13.2 Å². The summed E-state index contributed by atoms with van der Waals surface area (Å²) < 4.78 is 43.9. The van der Waals surface area contributed by atoms with Gasteiger partial charge < -0.3 is 14.9 Å². The van der Waals surface area contributed by atoms with Crippen molar-refractivity contribution in [2.75, 3.05) is 0 Å². The van der Waals surface area contributed by atoms with Crippen LogP contribution in [0.5, 0.6) is 5.75 Å². The maximum absolute atomic E-state index is 12.9. The third-order valence-electron chi connectivity index (χ3n) is 6.09. The normalized spacial score (nSPS) is 11.4. The Morgan fingerprint density at radius 3 is 2.17 bits per heavy atom. The molecule has 0 radical (unpaired) electrons. The zero-order valence-corrected chi connectivity index (χ0v) is 25.9. The predicted octanol–water partition coefficient (Wildman–Crippen LogP) is 8.25. The number of hydroxylamine groups is 2. The molecule has 1 amide bonds. The molecule has 0 spiro atoms. The summed E-state index contributed by atoms with van der Waals surface area (Å²) in [5.74, 6) is -1.31. The quantitative estimate of drug-likeness (QED) is 0.144. The molecule has 0 heterocycles. The van der Waals surface area contributed by atoms with Crippen molar-refractivity contribution >= 4 is 43.7 Å². The van der Waals surface area contributed by atoms with Gasteiger partial charge in [0.25, 0.3) is 5.91 Å². The molecule has 220 valence electrons. The summed E-state index contributed by atoms with van der Waals surface area (Å²) in [4.78, 5) is 30.0. The molecule has 41 heavy (non-hydrogen) atoms. The SMILES string of the molecule is CCCCCc1ccc(CNC(=O)c2cc(Br)c(CN(Cc3ccccc3OC(F)(F)F)OC(C)=O)c(Br)c2)cc1. The monoisotopic (exact) mass is 698 g/mol. The summed E-state index contributed by atoms with van der Waals surface area (Å²) in [6, 6.07) is 17.1. The number of carbonyl (C=O) groups excluding carboxylic acids is 2. The molecule has 0 aliphatic rings. The molecular weight excluding hydrogens is 669 g/mol. The van der Waals surface area contributed by atoms with Crippen molar-refractivity contribution in [2.45, 2.75) is 65.5 Å². The number of nitrogens with zero attached hydrogens (tertiary/aromatic N) is 1. The number of unbranched alkanes of at least 4 members (excludes halogenated alkanes) is 2. The minimum atomic E-state index is -4.87. The number of aryl methyl sites for hydroxylation is 1. The summed E-state index contributed by atoms with van der Waals surface area (Å²) in [6.45, 7) is 3.57. The van der Waals surface area contributed by atoms with Crippen LogP contribution in [0.3, 0.4) is 0 Å². The molecule has 0 saturated heterocycles. The third kappa shape index (κ3) is 10.8. The van der Waals surface area contributed by atoms with E-state index < -0.39 is 18.1 Å². The fraction of sp³-hybridized carbons (Fsp3) is 0.333. The summed E-state index contributed by atoms with van der Waals surface area (Å²) in [5, 5.41) is 4.14. The summed E-state index contributed by atoms with van der Waals surface area (Å²) in [7, 11) is 0. The van der Waals surface area contributed by atoms with E-state index in [-0.39, 0.29) is 24.6 Å². The van der Waals surface area contributed by atoms with Crippen molar-refractivity contribution in [1.82, 2.24) is 10.4 Å². The van der Waals surface area contributed by atoms with E-state index in [9.17, 15) is 22.8 Å². The van der Waals surface area contributed by atoms with Gasteiger partial charge in [0.2, 0.25) is 0 Å². The van der Waals surface area contributed by atoms with Crippen LogP contribution >= 0.6 is 31.9 Å². The highest BCUT2D eigenvalue weighted by atomic mass is 79.9. The molecule has 6 nitrogen and oxygen atoms in total. The van der Waals surface area contributed by atoms with Crippen molar-refractivity contribution in [2.24, 2.45) is 0 Å². The third-order valence-corrected chi connectivity index (χ3v) is 7.50. The van der Waals surface area contributed by atoms with Gasteiger partial charge in [0.1, 0.15) is 5.75 Å². The fourth-order valence-electron chi connectivity index (χ4n) is 4.10. The molecule has 11 heteroatoms. The molecule has 0 atom stereocenters. The van der Waals surface area contributed by atoms with Gasteiger partial charge in [-0.25, -0.2) is 0 Å². The Bertz CT molecular complexity index is 1310. The Labute approximate surface area is 254 Å². The number of carbonyl (C=O) groups is 2. The van der Waals surface area contributed by atoms with Gasteiger partial charge in [0.15, 0.2) is 0 Å². The Morgan fingerprint density at radius 2 is 1.56 bits per heavy atom. The lowest BCUT2D eigenvalue weighted by Crippen LogP contribution is -2.27. The first kappa shape index (κ1) is 32.6. The average molecular weight is 700 g/mol. The first-order valence-corrected chi connectivity index (χ1v) is 14.6. The molecule has 0 aliphatic heterocycles. The number of halogens is 5. The number of nitrogens with one attached hydrogen (secondary N) is 1. The molecule has 0 bridgehead atoms. The first-order chi connectivity index (χ1) is 19.4. The number of benzene rings is 3. The Kier molecular flexibility index (Phi) is 12.2. The van der Waals surface area contributed by atoms with Gasteiger partial charge >= 0.3 is 12.3 Å². The molecule has 0 fully saturated rings. The second kappa shape index (κ2) is 15.4. The van der Waals surface area contributed by atoms with E-state index in [1.165, 1.54) is 48.6 Å². The highest BCUT2D eigenvalue weighted by molar-refractivity contribution is 9.11. The van der Waals surface area contributed by atoms with E-state index in [1.807, 2.05) is 12.1 Å². The Balaban J connectivity index is 1.69. The van der Waals surface area contributed by atoms with E-state index in [0.29, 0.717) is 26.6 Å². The molecular formula is C30H31Br2F3N2O4. The topological polar surface area (TPSA) is 67.9 Å². The minimum Gasteiger partial charge on any atom is -0.405 e. The van der Waals surface area contributed by atoms with Crippen LogP contribution in [-0.2, 0) is 35.7 Å². The number of ether oxygens (including phenoxy) is 1. The minimum absolute atomic E-state index is 0.00754. The lowest BCUT2D eigenvalue weighted by Gasteiger charge is -2.23. The molecule has 0 aliphatic carbocycles. The number of alkyl halides is 3. The van der Waals surface area contributed by atoms with Gasteiger partial charge in [0.05, 0.1) is 13.1 Å². The zero-order chi connectivity index (χ0) is 30.0. The molecule has 3 rings (SSSR count). The molecule has 1 N–H and O–H groups in total. The maximum Gasteiger partial charge on any atom is 0.573 e. The van der Waals surface area contributed by atoms with Gasteiger partial charge in [-0.05, 0) is 47.7 Å². The van der Waals surface area contributed by atoms with Crippen LogP contribution in [0.2, 0.25) is 0 Å². The zero-order valence-electron chi connectivity index (χ0n) is 22.7. The lowest BCUT2D eigenvalue weighted by molar-refractivity contribution is -0.275. The number of hydrogen-bond acceptors (Lipinski definition) is 5. The summed E-state index contributed by atoms with van der Waals surface area (Å²) in [5.41, 5.74) is 3.45. The highest BCUT2D eigenvalue weighted by Crippen LogP contribution is 2.31. The van der Waals surface area contributed by atoms with E-state index in [1.54, 1.807) is 18.2 Å². The highest BCUT2D eigenvalue weighted by Gasteiger charge is 2.32. The Hall–Kier alpha value is -2.89. The van der Waals surface area contributed by atoms with Crippen molar-refractivity contribution < 1.29 is 32.3 Å². The number of amides is 1. The van der Waals surface area contributed by atoms with Crippen LogP contribution in [0.1, 0.15) is 65.7 Å². The van der Waals surface area contributed by atoms with Crippen LogP contribution in [0.15, 0.2) is 69.6 Å². The van der Waals surface area contributed by atoms with Crippen molar-refractivity contribution in [3.8, 4) is 5.75 Å². The fourth-order valence-corrected chi connectivity index (χ4v) is 5.54.